The van der Waals surface area contributed by atoms with E-state index in [1.807, 2.05) is 24.3 Å². The second kappa shape index (κ2) is 4.53. The summed E-state index contributed by atoms with van der Waals surface area (Å²) in [5, 5.41) is 0.591. The predicted octanol–water partition coefficient (Wildman–Crippen LogP) is 3.31. The van der Waals surface area contributed by atoms with Gasteiger partial charge in [0, 0.05) is 18.3 Å². The number of thiazole rings is 1. The van der Waals surface area contributed by atoms with Gasteiger partial charge in [-0.25, -0.2) is 15.0 Å². The standard InChI is InChI=1S/C15H13N5S/c1-2-20-13(18-11-4-3-7-17-14(11)20)9-5-6-10-12(8-9)21-15(16)19-10/h3-8H,2H2,1H3,(H2,16,19). The summed E-state index contributed by atoms with van der Waals surface area (Å²) < 4.78 is 3.20. The number of nitrogens with two attached hydrogens (primary N) is 1. The Morgan fingerprint density at radius 1 is 1.19 bits per heavy atom. The number of hydrogen-bond donors (Lipinski definition) is 1. The molecule has 1 aromatic carbocycles. The summed E-state index contributed by atoms with van der Waals surface area (Å²) in [6.45, 7) is 2.92. The number of aryl methyl sites for hydroxylation is 1. The van der Waals surface area contributed by atoms with Crippen molar-refractivity contribution < 1.29 is 0 Å². The molecule has 0 aliphatic carbocycles. The largest absolute Gasteiger partial charge is 0.375 e. The molecular weight excluding hydrogens is 282 g/mol. The van der Waals surface area contributed by atoms with Crippen molar-refractivity contribution in [2.24, 2.45) is 0 Å². The van der Waals surface area contributed by atoms with E-state index in [2.05, 4.69) is 27.5 Å². The summed E-state index contributed by atoms with van der Waals surface area (Å²) in [7, 11) is 0. The molecule has 3 heterocycles. The number of anilines is 1. The highest BCUT2D eigenvalue weighted by Gasteiger charge is 2.13. The lowest BCUT2D eigenvalue weighted by Gasteiger charge is -2.05. The molecule has 4 rings (SSSR count). The lowest BCUT2D eigenvalue weighted by Crippen LogP contribution is -1.98. The van der Waals surface area contributed by atoms with Gasteiger partial charge in [0.25, 0.3) is 0 Å². The topological polar surface area (TPSA) is 69.6 Å². The number of hydrogen-bond acceptors (Lipinski definition) is 5. The molecule has 0 amide bonds. The first-order chi connectivity index (χ1) is 10.3. The third kappa shape index (κ3) is 1.87. The van der Waals surface area contributed by atoms with Crippen molar-refractivity contribution in [3.05, 3.63) is 36.5 Å². The van der Waals surface area contributed by atoms with Crippen LogP contribution in [-0.4, -0.2) is 19.5 Å². The second-order valence-corrected chi connectivity index (χ2v) is 5.82. The Kier molecular flexibility index (Phi) is 2.65. The number of rotatable bonds is 2. The zero-order chi connectivity index (χ0) is 14.4. The minimum Gasteiger partial charge on any atom is -0.375 e. The van der Waals surface area contributed by atoms with Crippen LogP contribution in [0.3, 0.4) is 0 Å². The first-order valence-electron chi connectivity index (χ1n) is 6.74. The Morgan fingerprint density at radius 3 is 2.95 bits per heavy atom. The van der Waals surface area contributed by atoms with Crippen LogP contribution >= 0.6 is 11.3 Å². The highest BCUT2D eigenvalue weighted by atomic mass is 32.1. The molecule has 0 unspecified atom stereocenters. The summed E-state index contributed by atoms with van der Waals surface area (Å²) in [5.74, 6) is 0.931. The van der Waals surface area contributed by atoms with E-state index < -0.39 is 0 Å². The normalized spacial score (nSPS) is 11.5. The fraction of sp³-hybridized carbons (Fsp3) is 0.133. The fourth-order valence-corrected chi connectivity index (χ4v) is 3.33. The maximum absolute atomic E-state index is 5.77. The van der Waals surface area contributed by atoms with Gasteiger partial charge in [-0.3, -0.25) is 0 Å². The van der Waals surface area contributed by atoms with Gasteiger partial charge in [-0.1, -0.05) is 11.3 Å². The molecule has 5 nitrogen and oxygen atoms in total. The van der Waals surface area contributed by atoms with Crippen molar-refractivity contribution in [1.29, 1.82) is 0 Å². The van der Waals surface area contributed by atoms with Gasteiger partial charge in [-0.2, -0.15) is 0 Å². The van der Waals surface area contributed by atoms with E-state index in [0.29, 0.717) is 5.13 Å². The molecule has 6 heteroatoms. The molecule has 21 heavy (non-hydrogen) atoms. The predicted molar refractivity (Wildman–Crippen MR) is 86.2 cm³/mol. The maximum Gasteiger partial charge on any atom is 0.181 e. The highest BCUT2D eigenvalue weighted by Crippen LogP contribution is 2.30. The average Bonchev–Trinajstić information content (AvgIpc) is 3.05. The van der Waals surface area contributed by atoms with Gasteiger partial charge in [0.2, 0.25) is 0 Å². The van der Waals surface area contributed by atoms with E-state index in [4.69, 9.17) is 10.7 Å². The molecular formula is C15H13N5S. The van der Waals surface area contributed by atoms with Gasteiger partial charge in [-0.05, 0) is 37.3 Å². The summed E-state index contributed by atoms with van der Waals surface area (Å²) in [5.41, 5.74) is 9.59. The molecule has 0 bridgehead atoms. The number of fused-ring (bicyclic) bond motifs is 2. The Morgan fingerprint density at radius 2 is 2.10 bits per heavy atom. The number of pyridine rings is 1. The average molecular weight is 295 g/mol. The molecule has 4 aromatic rings. The molecule has 0 spiro atoms. The number of nitrogens with zero attached hydrogens (tertiary/aromatic N) is 4. The van der Waals surface area contributed by atoms with Crippen LogP contribution in [0.15, 0.2) is 36.5 Å². The SMILES string of the molecule is CCn1c(-c2ccc3nc(N)sc3c2)nc2cccnc21. The number of nitrogen functional groups attached to an aromatic ring is 1. The highest BCUT2D eigenvalue weighted by molar-refractivity contribution is 7.22. The van der Waals surface area contributed by atoms with Crippen LogP contribution in [0.5, 0.6) is 0 Å². The smallest absolute Gasteiger partial charge is 0.181 e. The van der Waals surface area contributed by atoms with Gasteiger partial charge < -0.3 is 10.3 Å². The molecule has 3 aromatic heterocycles. The van der Waals surface area contributed by atoms with Gasteiger partial charge >= 0.3 is 0 Å². The van der Waals surface area contributed by atoms with Gasteiger partial charge in [0.1, 0.15) is 11.3 Å². The number of aromatic nitrogens is 4. The van der Waals surface area contributed by atoms with E-state index >= 15 is 0 Å². The van der Waals surface area contributed by atoms with E-state index in [-0.39, 0.29) is 0 Å². The second-order valence-electron chi connectivity index (χ2n) is 4.76. The van der Waals surface area contributed by atoms with Crippen LogP contribution in [0.4, 0.5) is 5.13 Å². The van der Waals surface area contributed by atoms with Gasteiger partial charge in [-0.15, -0.1) is 0 Å². The van der Waals surface area contributed by atoms with Crippen LogP contribution in [0.2, 0.25) is 0 Å². The molecule has 2 N–H and O–H groups in total. The first-order valence-corrected chi connectivity index (χ1v) is 7.55. The molecule has 0 saturated heterocycles. The molecule has 0 aliphatic heterocycles. The first kappa shape index (κ1) is 12.3. The molecule has 0 fully saturated rings. The van der Waals surface area contributed by atoms with Crippen molar-refractivity contribution in [2.75, 3.05) is 5.73 Å². The van der Waals surface area contributed by atoms with E-state index in [1.54, 1.807) is 6.20 Å². The van der Waals surface area contributed by atoms with E-state index in [9.17, 15) is 0 Å². The summed E-state index contributed by atoms with van der Waals surface area (Å²) >= 11 is 1.50. The van der Waals surface area contributed by atoms with Crippen molar-refractivity contribution in [3.8, 4) is 11.4 Å². The maximum atomic E-state index is 5.77. The van der Waals surface area contributed by atoms with Crippen molar-refractivity contribution in [1.82, 2.24) is 19.5 Å². The lowest BCUT2D eigenvalue weighted by molar-refractivity contribution is 0.787. The Balaban J connectivity index is 1.98. The quantitative estimate of drug-likeness (QED) is 0.616. The summed E-state index contributed by atoms with van der Waals surface area (Å²) in [4.78, 5) is 13.4. The minimum absolute atomic E-state index is 0.591. The molecule has 0 aliphatic rings. The molecule has 104 valence electrons. The Labute approximate surface area is 125 Å². The summed E-state index contributed by atoms with van der Waals surface area (Å²) in [6, 6.07) is 10.0. The van der Waals surface area contributed by atoms with E-state index in [1.165, 1.54) is 11.3 Å². The zero-order valence-electron chi connectivity index (χ0n) is 11.4. The number of benzene rings is 1. The summed E-state index contributed by atoms with van der Waals surface area (Å²) in [6.07, 6.45) is 1.80. The molecule has 0 saturated carbocycles. The third-order valence-corrected chi connectivity index (χ3v) is 4.33. The number of imidazole rings is 1. The monoisotopic (exact) mass is 295 g/mol. The van der Waals surface area contributed by atoms with Gasteiger partial charge in [0.15, 0.2) is 10.8 Å². The van der Waals surface area contributed by atoms with E-state index in [0.717, 1.165) is 39.3 Å². The van der Waals surface area contributed by atoms with Crippen molar-refractivity contribution in [3.63, 3.8) is 0 Å². The van der Waals surface area contributed by atoms with Crippen LogP contribution in [0.1, 0.15) is 6.92 Å². The minimum atomic E-state index is 0.591. The Hall–Kier alpha value is -2.47. The van der Waals surface area contributed by atoms with Crippen LogP contribution < -0.4 is 5.73 Å². The molecule has 0 radical (unpaired) electrons. The van der Waals surface area contributed by atoms with Crippen LogP contribution in [-0.2, 0) is 6.54 Å². The van der Waals surface area contributed by atoms with Gasteiger partial charge in [0.05, 0.1) is 10.2 Å². The van der Waals surface area contributed by atoms with Crippen molar-refractivity contribution in [2.45, 2.75) is 13.5 Å². The Bertz CT molecular complexity index is 953. The van der Waals surface area contributed by atoms with Crippen LogP contribution in [0, 0.1) is 0 Å². The van der Waals surface area contributed by atoms with Crippen molar-refractivity contribution >= 4 is 37.8 Å². The fourth-order valence-electron chi connectivity index (χ4n) is 2.56. The molecule has 0 atom stereocenters. The van der Waals surface area contributed by atoms with Crippen LogP contribution in [0.25, 0.3) is 32.8 Å². The lowest BCUT2D eigenvalue weighted by atomic mass is 10.2. The zero-order valence-corrected chi connectivity index (χ0v) is 12.3. The third-order valence-electron chi connectivity index (χ3n) is 3.48.